The first-order chi connectivity index (χ1) is 5.90. The van der Waals surface area contributed by atoms with Gasteiger partial charge in [0.2, 0.25) is 0 Å². The van der Waals surface area contributed by atoms with Crippen molar-refractivity contribution in [2.75, 3.05) is 6.61 Å². The van der Waals surface area contributed by atoms with Gasteiger partial charge in [0.05, 0.1) is 6.61 Å². The van der Waals surface area contributed by atoms with Crippen LogP contribution in [0.1, 0.15) is 0 Å². The largest absolute Gasteiger partial charge is 0.394 e. The Kier molecular flexibility index (Phi) is 4.69. The van der Waals surface area contributed by atoms with E-state index in [2.05, 4.69) is 4.74 Å². The van der Waals surface area contributed by atoms with Crippen LogP contribution in [-0.2, 0) is 4.74 Å². The molecular formula is C6H14ClNO6. The average molecular weight is 232 g/mol. The minimum Gasteiger partial charge on any atom is -0.394 e. The third-order valence-electron chi connectivity index (χ3n) is 2.00. The molecule has 1 aliphatic heterocycles. The van der Waals surface area contributed by atoms with Crippen molar-refractivity contribution < 1.29 is 30.3 Å². The Morgan fingerprint density at radius 3 is 2.14 bits per heavy atom. The molecule has 5 atom stereocenters. The Balaban J connectivity index is 0.00000169. The monoisotopic (exact) mass is 231 g/mol. The van der Waals surface area contributed by atoms with Crippen molar-refractivity contribution in [1.82, 2.24) is 0 Å². The summed E-state index contributed by atoms with van der Waals surface area (Å²) >= 11 is 0. The molecule has 0 bridgehead atoms. The number of aliphatic hydroxyl groups excluding tert-OH is 4. The number of nitrogens with two attached hydrogens (primary N) is 1. The summed E-state index contributed by atoms with van der Waals surface area (Å²) in [6.45, 7) is -0.621. The number of halogens is 1. The van der Waals surface area contributed by atoms with Gasteiger partial charge in [0.25, 0.3) is 5.91 Å². The number of rotatable bonds is 1. The molecule has 1 rings (SSSR count). The van der Waals surface area contributed by atoms with Crippen LogP contribution in [0, 0.1) is 0 Å². The molecule has 0 amide bonds. The van der Waals surface area contributed by atoms with Gasteiger partial charge in [-0.25, -0.2) is 0 Å². The molecule has 14 heavy (non-hydrogen) atoms. The standard InChI is InChI=1S/C6H13NO6.ClH/c7-6(12)5(11)4(10)3(9)2(1-8)13-6;/h2-5,8-12H,1,7H2;1H/t2-,3-,4+,5-,6+;/m1./s1. The lowest BCUT2D eigenvalue weighted by Crippen LogP contribution is -2.69. The summed E-state index contributed by atoms with van der Waals surface area (Å²) in [6.07, 6.45) is -6.16. The Bertz CT molecular complexity index is 189. The third-order valence-corrected chi connectivity index (χ3v) is 2.00. The molecule has 0 aliphatic carbocycles. The van der Waals surface area contributed by atoms with E-state index in [0.717, 1.165) is 0 Å². The van der Waals surface area contributed by atoms with Crippen molar-refractivity contribution in [1.29, 1.82) is 0 Å². The van der Waals surface area contributed by atoms with Crippen LogP contribution in [0.15, 0.2) is 0 Å². The second-order valence-electron chi connectivity index (χ2n) is 3.02. The number of ether oxygens (including phenoxy) is 1. The Morgan fingerprint density at radius 1 is 1.21 bits per heavy atom. The van der Waals surface area contributed by atoms with Gasteiger partial charge >= 0.3 is 0 Å². The van der Waals surface area contributed by atoms with E-state index in [0.29, 0.717) is 0 Å². The fraction of sp³-hybridized carbons (Fsp3) is 1.00. The molecule has 1 aliphatic rings. The van der Waals surface area contributed by atoms with Crippen LogP contribution in [0.25, 0.3) is 0 Å². The van der Waals surface area contributed by atoms with Gasteiger partial charge in [0.1, 0.15) is 18.3 Å². The summed E-state index contributed by atoms with van der Waals surface area (Å²) in [5.74, 6) is -2.45. The van der Waals surface area contributed by atoms with Gasteiger partial charge < -0.3 is 30.3 Å². The molecule has 1 fully saturated rings. The molecule has 7 N–H and O–H groups in total. The maximum absolute atomic E-state index is 9.18. The summed E-state index contributed by atoms with van der Waals surface area (Å²) in [7, 11) is 0. The highest BCUT2D eigenvalue weighted by Gasteiger charge is 2.50. The van der Waals surface area contributed by atoms with Crippen molar-refractivity contribution in [3.63, 3.8) is 0 Å². The summed E-state index contributed by atoms with van der Waals surface area (Å²) in [6, 6.07) is 0. The molecule has 1 heterocycles. The summed E-state index contributed by atoms with van der Waals surface area (Å²) in [4.78, 5) is 0. The van der Waals surface area contributed by atoms with E-state index >= 15 is 0 Å². The van der Waals surface area contributed by atoms with Gasteiger partial charge in [-0.1, -0.05) is 0 Å². The highest BCUT2D eigenvalue weighted by molar-refractivity contribution is 5.85. The van der Waals surface area contributed by atoms with Crippen molar-refractivity contribution in [2.24, 2.45) is 5.73 Å². The molecule has 7 nitrogen and oxygen atoms in total. The summed E-state index contributed by atoms with van der Waals surface area (Å²) in [5, 5.41) is 45.2. The average Bonchev–Trinajstić information content (AvgIpc) is 2.08. The van der Waals surface area contributed by atoms with Gasteiger partial charge in [0, 0.05) is 0 Å². The van der Waals surface area contributed by atoms with Crippen LogP contribution in [-0.4, -0.2) is 62.5 Å². The molecule has 8 heteroatoms. The van der Waals surface area contributed by atoms with E-state index in [9.17, 15) is 5.11 Å². The second kappa shape index (κ2) is 4.69. The molecule has 0 aromatic heterocycles. The molecule has 0 saturated carbocycles. The van der Waals surface area contributed by atoms with Crippen LogP contribution in [0.4, 0.5) is 0 Å². The van der Waals surface area contributed by atoms with Gasteiger partial charge in [-0.05, 0) is 0 Å². The van der Waals surface area contributed by atoms with E-state index in [1.165, 1.54) is 0 Å². The van der Waals surface area contributed by atoms with Crippen molar-refractivity contribution >= 4 is 12.4 Å². The Labute approximate surface area is 86.1 Å². The first-order valence-electron chi connectivity index (χ1n) is 3.74. The zero-order valence-corrected chi connectivity index (χ0v) is 7.96. The minimum absolute atomic E-state index is 0. The van der Waals surface area contributed by atoms with E-state index in [1.54, 1.807) is 0 Å². The Morgan fingerprint density at radius 2 is 1.71 bits per heavy atom. The lowest BCUT2D eigenvalue weighted by molar-refractivity contribution is -0.346. The maximum Gasteiger partial charge on any atom is 0.252 e. The molecule has 0 aromatic carbocycles. The van der Waals surface area contributed by atoms with Gasteiger partial charge in [0.15, 0.2) is 6.10 Å². The van der Waals surface area contributed by atoms with E-state index < -0.39 is 36.9 Å². The maximum atomic E-state index is 9.18. The van der Waals surface area contributed by atoms with Crippen molar-refractivity contribution in [2.45, 2.75) is 30.3 Å². The van der Waals surface area contributed by atoms with Crippen LogP contribution in [0.2, 0.25) is 0 Å². The smallest absolute Gasteiger partial charge is 0.252 e. The van der Waals surface area contributed by atoms with Gasteiger partial charge in [-0.15, -0.1) is 12.4 Å². The summed E-state index contributed by atoms with van der Waals surface area (Å²) < 4.78 is 4.54. The fourth-order valence-corrected chi connectivity index (χ4v) is 1.18. The first kappa shape index (κ1) is 14.0. The molecule has 0 aromatic rings. The zero-order valence-electron chi connectivity index (χ0n) is 7.15. The third kappa shape index (κ3) is 2.33. The highest BCUT2D eigenvalue weighted by atomic mass is 35.5. The molecule has 86 valence electrons. The quantitative estimate of drug-likeness (QED) is 0.258. The lowest BCUT2D eigenvalue weighted by atomic mass is 9.97. The van der Waals surface area contributed by atoms with Crippen molar-refractivity contribution in [3.05, 3.63) is 0 Å². The molecule has 0 unspecified atom stereocenters. The van der Waals surface area contributed by atoms with Gasteiger partial charge in [-0.2, -0.15) is 0 Å². The Hall–Kier alpha value is 0.01000. The van der Waals surface area contributed by atoms with E-state index in [4.69, 9.17) is 26.2 Å². The second-order valence-corrected chi connectivity index (χ2v) is 3.02. The summed E-state index contributed by atoms with van der Waals surface area (Å²) in [5.41, 5.74) is 5.04. The van der Waals surface area contributed by atoms with E-state index in [1.807, 2.05) is 0 Å². The van der Waals surface area contributed by atoms with Crippen LogP contribution in [0.5, 0.6) is 0 Å². The minimum atomic E-state index is -2.45. The predicted octanol–water partition coefficient (Wildman–Crippen LogP) is -3.51. The molecule has 0 radical (unpaired) electrons. The number of aliphatic hydroxyl groups is 5. The first-order valence-corrected chi connectivity index (χ1v) is 3.74. The normalized spacial score (nSPS) is 48.4. The number of hydrogen-bond donors (Lipinski definition) is 6. The topological polar surface area (TPSA) is 136 Å². The zero-order chi connectivity index (χ0) is 10.2. The van der Waals surface area contributed by atoms with E-state index in [-0.39, 0.29) is 12.4 Å². The fourth-order valence-electron chi connectivity index (χ4n) is 1.18. The highest BCUT2D eigenvalue weighted by Crippen LogP contribution is 2.23. The van der Waals surface area contributed by atoms with Crippen LogP contribution < -0.4 is 5.73 Å². The van der Waals surface area contributed by atoms with Crippen molar-refractivity contribution in [3.8, 4) is 0 Å². The molecule has 0 spiro atoms. The SMILES string of the molecule is Cl.N[C@@]1(O)O[C@H](CO)[C@@H](O)[C@H](O)[C@H]1O. The van der Waals surface area contributed by atoms with Crippen LogP contribution in [0.3, 0.4) is 0 Å². The lowest BCUT2D eigenvalue weighted by Gasteiger charge is -2.42. The van der Waals surface area contributed by atoms with Gasteiger partial charge in [-0.3, -0.25) is 5.73 Å². The number of hydrogen-bond acceptors (Lipinski definition) is 7. The molecule has 1 saturated heterocycles. The predicted molar refractivity (Wildman–Crippen MR) is 46.4 cm³/mol. The molecular weight excluding hydrogens is 218 g/mol. The van der Waals surface area contributed by atoms with Crippen LogP contribution >= 0.6 is 12.4 Å².